The molecule has 0 saturated carbocycles. The van der Waals surface area contributed by atoms with Gasteiger partial charge < -0.3 is 10.4 Å². The molecule has 0 aliphatic heterocycles. The molecule has 0 unspecified atom stereocenters. The fraction of sp³-hybridized carbons (Fsp3) is 0.833. The first-order chi connectivity index (χ1) is 8.03. The number of nitrogens with one attached hydrogen (secondary N) is 1. The van der Waals surface area contributed by atoms with Crippen LogP contribution < -0.4 is 5.32 Å². The molecule has 1 amide bonds. The SMILES string of the molecule is CCC(CC)NC(=O)CN(CC)CCC(=O)O. The summed E-state index contributed by atoms with van der Waals surface area (Å²) in [7, 11) is 0. The number of aliphatic carboxylic acids is 1. The summed E-state index contributed by atoms with van der Waals surface area (Å²) in [5.74, 6) is -0.852. The quantitative estimate of drug-likeness (QED) is 0.637. The molecular weight excluding hydrogens is 220 g/mol. The largest absolute Gasteiger partial charge is 0.481 e. The molecule has 0 aromatic carbocycles. The molecule has 100 valence electrons. The molecule has 0 aliphatic carbocycles. The molecule has 0 rings (SSSR count). The van der Waals surface area contributed by atoms with Gasteiger partial charge in [-0.1, -0.05) is 20.8 Å². The molecule has 5 heteroatoms. The van der Waals surface area contributed by atoms with Crippen molar-refractivity contribution in [2.24, 2.45) is 0 Å². The molecular formula is C12H24N2O3. The summed E-state index contributed by atoms with van der Waals surface area (Å²) in [6, 6.07) is 0.223. The zero-order valence-electron chi connectivity index (χ0n) is 11.0. The Bertz CT molecular complexity index is 240. The van der Waals surface area contributed by atoms with Crippen LogP contribution in [0, 0.1) is 0 Å². The second-order valence-electron chi connectivity index (χ2n) is 4.09. The molecule has 0 bridgehead atoms. The van der Waals surface area contributed by atoms with Gasteiger partial charge in [0.1, 0.15) is 0 Å². The van der Waals surface area contributed by atoms with Crippen molar-refractivity contribution in [3.05, 3.63) is 0 Å². The Hall–Kier alpha value is -1.10. The number of nitrogens with zero attached hydrogens (tertiary/aromatic N) is 1. The van der Waals surface area contributed by atoms with Crippen LogP contribution in [-0.2, 0) is 9.59 Å². The molecule has 0 saturated heterocycles. The molecule has 0 aromatic heterocycles. The maximum atomic E-state index is 11.7. The molecule has 0 aromatic rings. The van der Waals surface area contributed by atoms with Crippen molar-refractivity contribution in [1.29, 1.82) is 0 Å². The topological polar surface area (TPSA) is 69.6 Å². The summed E-state index contributed by atoms with van der Waals surface area (Å²) in [6.45, 7) is 7.38. The molecule has 0 spiro atoms. The molecule has 0 atom stereocenters. The number of carbonyl (C=O) groups excluding carboxylic acids is 1. The van der Waals surface area contributed by atoms with E-state index in [0.717, 1.165) is 12.8 Å². The molecule has 0 aliphatic rings. The van der Waals surface area contributed by atoms with E-state index in [1.54, 1.807) is 0 Å². The Kier molecular flexibility index (Phi) is 8.40. The van der Waals surface area contributed by atoms with Crippen LogP contribution in [0.4, 0.5) is 0 Å². The second-order valence-corrected chi connectivity index (χ2v) is 4.09. The third-order valence-electron chi connectivity index (χ3n) is 2.81. The van der Waals surface area contributed by atoms with E-state index < -0.39 is 5.97 Å². The fourth-order valence-electron chi connectivity index (χ4n) is 1.57. The number of hydrogen-bond donors (Lipinski definition) is 2. The second kappa shape index (κ2) is 8.98. The number of carboxylic acids is 1. The van der Waals surface area contributed by atoms with E-state index in [9.17, 15) is 9.59 Å². The van der Waals surface area contributed by atoms with Gasteiger partial charge in [0, 0.05) is 12.6 Å². The van der Waals surface area contributed by atoms with Gasteiger partial charge in [0.15, 0.2) is 0 Å². The molecule has 0 heterocycles. The van der Waals surface area contributed by atoms with Crippen molar-refractivity contribution in [3.63, 3.8) is 0 Å². The summed E-state index contributed by atoms with van der Waals surface area (Å²) < 4.78 is 0. The average molecular weight is 244 g/mol. The lowest BCUT2D eigenvalue weighted by Gasteiger charge is -2.21. The van der Waals surface area contributed by atoms with Gasteiger partial charge in [0.2, 0.25) is 5.91 Å². The fourth-order valence-corrected chi connectivity index (χ4v) is 1.57. The van der Waals surface area contributed by atoms with Crippen molar-refractivity contribution in [2.75, 3.05) is 19.6 Å². The molecule has 0 radical (unpaired) electrons. The summed E-state index contributed by atoms with van der Waals surface area (Å²) in [4.78, 5) is 24.0. The lowest BCUT2D eigenvalue weighted by Crippen LogP contribution is -2.42. The number of rotatable bonds is 9. The number of hydrogen-bond acceptors (Lipinski definition) is 3. The van der Waals surface area contributed by atoms with Gasteiger partial charge in [0.25, 0.3) is 0 Å². The van der Waals surface area contributed by atoms with E-state index >= 15 is 0 Å². The van der Waals surface area contributed by atoms with Crippen molar-refractivity contribution < 1.29 is 14.7 Å². The Labute approximate surface area is 103 Å². The number of carbonyl (C=O) groups is 2. The van der Waals surface area contributed by atoms with Crippen LogP contribution in [0.2, 0.25) is 0 Å². The smallest absolute Gasteiger partial charge is 0.304 e. The molecule has 2 N–H and O–H groups in total. The lowest BCUT2D eigenvalue weighted by atomic mass is 10.2. The predicted molar refractivity (Wildman–Crippen MR) is 66.9 cm³/mol. The summed E-state index contributed by atoms with van der Waals surface area (Å²) >= 11 is 0. The normalized spacial score (nSPS) is 10.9. The minimum atomic E-state index is -0.830. The van der Waals surface area contributed by atoms with Crippen molar-refractivity contribution in [1.82, 2.24) is 10.2 Å². The Morgan fingerprint density at radius 2 is 1.82 bits per heavy atom. The third-order valence-corrected chi connectivity index (χ3v) is 2.81. The van der Waals surface area contributed by atoms with Gasteiger partial charge in [-0.2, -0.15) is 0 Å². The third kappa shape index (κ3) is 7.74. The molecule has 17 heavy (non-hydrogen) atoms. The summed E-state index contributed by atoms with van der Waals surface area (Å²) in [5, 5.41) is 11.5. The van der Waals surface area contributed by atoms with E-state index in [1.807, 2.05) is 25.7 Å². The van der Waals surface area contributed by atoms with Crippen LogP contribution in [0.15, 0.2) is 0 Å². The highest BCUT2D eigenvalue weighted by Gasteiger charge is 2.12. The minimum Gasteiger partial charge on any atom is -0.481 e. The zero-order chi connectivity index (χ0) is 13.3. The maximum Gasteiger partial charge on any atom is 0.304 e. The average Bonchev–Trinajstić information content (AvgIpc) is 2.31. The van der Waals surface area contributed by atoms with E-state index in [0.29, 0.717) is 13.1 Å². The monoisotopic (exact) mass is 244 g/mol. The first kappa shape index (κ1) is 15.9. The highest BCUT2D eigenvalue weighted by Crippen LogP contribution is 1.97. The highest BCUT2D eigenvalue weighted by atomic mass is 16.4. The van der Waals surface area contributed by atoms with Crippen LogP contribution in [0.3, 0.4) is 0 Å². The number of likely N-dealkylation sites (N-methyl/N-ethyl adjacent to an activating group) is 1. The summed E-state index contributed by atoms with van der Waals surface area (Å²) in [5.41, 5.74) is 0. The lowest BCUT2D eigenvalue weighted by molar-refractivity contribution is -0.137. The van der Waals surface area contributed by atoms with Crippen LogP contribution in [0.1, 0.15) is 40.0 Å². The molecule has 5 nitrogen and oxygen atoms in total. The zero-order valence-corrected chi connectivity index (χ0v) is 11.0. The first-order valence-corrected chi connectivity index (χ1v) is 6.26. The Morgan fingerprint density at radius 1 is 1.24 bits per heavy atom. The van der Waals surface area contributed by atoms with Crippen LogP contribution in [0.5, 0.6) is 0 Å². The first-order valence-electron chi connectivity index (χ1n) is 6.26. The van der Waals surface area contributed by atoms with Gasteiger partial charge in [-0.05, 0) is 19.4 Å². The van der Waals surface area contributed by atoms with Gasteiger partial charge in [-0.25, -0.2) is 0 Å². The predicted octanol–water partition coefficient (Wildman–Crippen LogP) is 1.09. The Morgan fingerprint density at radius 3 is 2.24 bits per heavy atom. The van der Waals surface area contributed by atoms with Crippen molar-refractivity contribution in [2.45, 2.75) is 46.1 Å². The van der Waals surface area contributed by atoms with E-state index in [-0.39, 0.29) is 24.9 Å². The van der Waals surface area contributed by atoms with Crippen molar-refractivity contribution in [3.8, 4) is 0 Å². The number of amides is 1. The molecule has 0 fully saturated rings. The Balaban J connectivity index is 4.00. The number of carboxylic acid groups (broad SMARTS) is 1. The van der Waals surface area contributed by atoms with Gasteiger partial charge in [-0.3, -0.25) is 14.5 Å². The van der Waals surface area contributed by atoms with Crippen LogP contribution in [-0.4, -0.2) is 47.6 Å². The van der Waals surface area contributed by atoms with Gasteiger partial charge in [-0.15, -0.1) is 0 Å². The van der Waals surface area contributed by atoms with Gasteiger partial charge >= 0.3 is 5.97 Å². The van der Waals surface area contributed by atoms with E-state index in [4.69, 9.17) is 5.11 Å². The minimum absolute atomic E-state index is 0.0223. The van der Waals surface area contributed by atoms with Gasteiger partial charge in [0.05, 0.1) is 13.0 Å². The highest BCUT2D eigenvalue weighted by molar-refractivity contribution is 5.78. The van der Waals surface area contributed by atoms with Crippen LogP contribution in [0.25, 0.3) is 0 Å². The standard InChI is InChI=1S/C12H24N2O3/c1-4-10(5-2)13-11(15)9-14(6-3)8-7-12(16)17/h10H,4-9H2,1-3H3,(H,13,15)(H,16,17). The van der Waals surface area contributed by atoms with E-state index in [1.165, 1.54) is 0 Å². The van der Waals surface area contributed by atoms with E-state index in [2.05, 4.69) is 5.32 Å². The van der Waals surface area contributed by atoms with Crippen molar-refractivity contribution >= 4 is 11.9 Å². The maximum absolute atomic E-state index is 11.7. The van der Waals surface area contributed by atoms with Crippen LogP contribution >= 0.6 is 0 Å². The summed E-state index contributed by atoms with van der Waals surface area (Å²) in [6.07, 6.45) is 1.92.